The minimum absolute atomic E-state index is 0.289. The summed E-state index contributed by atoms with van der Waals surface area (Å²) in [7, 11) is 0. The molecule has 0 aliphatic carbocycles. The lowest BCUT2D eigenvalue weighted by molar-refractivity contribution is -0.385. The third kappa shape index (κ3) is 3.22. The number of hydrogen-bond acceptors (Lipinski definition) is 6. The molecule has 1 aromatic heterocycles. The van der Waals surface area contributed by atoms with E-state index in [1.54, 1.807) is 13.0 Å². The van der Waals surface area contributed by atoms with E-state index in [0.29, 0.717) is 10.7 Å². The molecule has 0 aliphatic heterocycles. The highest BCUT2D eigenvalue weighted by molar-refractivity contribution is 9.10. The van der Waals surface area contributed by atoms with Crippen LogP contribution in [0.25, 0.3) is 10.2 Å². The summed E-state index contributed by atoms with van der Waals surface area (Å²) >= 11 is 4.80. The summed E-state index contributed by atoms with van der Waals surface area (Å²) in [5.74, 6) is -0.395. The van der Waals surface area contributed by atoms with E-state index in [-0.39, 0.29) is 11.3 Å². The van der Waals surface area contributed by atoms with Crippen molar-refractivity contribution in [3.8, 4) is 5.75 Å². The zero-order chi connectivity index (χ0) is 16.6. The van der Waals surface area contributed by atoms with Gasteiger partial charge in [0.05, 0.1) is 15.1 Å². The summed E-state index contributed by atoms with van der Waals surface area (Å²) in [4.78, 5) is 18.9. The molecule has 0 aliphatic rings. The van der Waals surface area contributed by atoms with Gasteiger partial charge >= 0.3 is 5.69 Å². The molecular weight excluding hydrogens is 382 g/mol. The molecule has 0 bridgehead atoms. The van der Waals surface area contributed by atoms with Crippen LogP contribution in [-0.4, -0.2) is 21.2 Å². The lowest BCUT2D eigenvalue weighted by Gasteiger charge is -2.01. The zero-order valence-electron chi connectivity index (χ0n) is 11.9. The maximum Gasteiger partial charge on any atom is 0.311 e. The van der Waals surface area contributed by atoms with Crippen molar-refractivity contribution in [1.82, 2.24) is 4.98 Å². The van der Waals surface area contributed by atoms with Crippen molar-refractivity contribution in [2.45, 2.75) is 6.92 Å². The summed E-state index contributed by atoms with van der Waals surface area (Å²) in [5.41, 5.74) is 1.45. The second-order valence-corrected chi connectivity index (χ2v) is 6.77. The quantitative estimate of drug-likeness (QED) is 0.396. The Labute approximate surface area is 143 Å². The Balaban J connectivity index is 2.00. The number of aromatic nitrogens is 1. The first kappa shape index (κ1) is 15.6. The summed E-state index contributed by atoms with van der Waals surface area (Å²) in [5, 5.41) is 21.4. The Morgan fingerprint density at radius 2 is 2.17 bits per heavy atom. The molecule has 116 valence electrons. The predicted molar refractivity (Wildman–Crippen MR) is 94.1 cm³/mol. The van der Waals surface area contributed by atoms with E-state index in [4.69, 9.17) is 0 Å². The van der Waals surface area contributed by atoms with Crippen LogP contribution >= 0.6 is 27.3 Å². The Bertz CT molecular complexity index is 953. The van der Waals surface area contributed by atoms with Crippen molar-refractivity contribution in [3.05, 3.63) is 56.0 Å². The zero-order valence-corrected chi connectivity index (χ0v) is 14.3. The fraction of sp³-hybridized carbons (Fsp3) is 0.0667. The Morgan fingerprint density at radius 1 is 1.39 bits per heavy atom. The maximum absolute atomic E-state index is 10.9. The number of aryl methyl sites for hydroxylation is 1. The Morgan fingerprint density at radius 3 is 2.91 bits per heavy atom. The van der Waals surface area contributed by atoms with E-state index < -0.39 is 10.7 Å². The first-order valence-corrected chi connectivity index (χ1v) is 8.13. The highest BCUT2D eigenvalue weighted by Crippen LogP contribution is 2.32. The Kier molecular flexibility index (Phi) is 4.10. The van der Waals surface area contributed by atoms with Crippen LogP contribution in [0.3, 0.4) is 0 Å². The molecule has 0 atom stereocenters. The van der Waals surface area contributed by atoms with E-state index in [0.717, 1.165) is 14.7 Å². The number of halogens is 1. The summed E-state index contributed by atoms with van der Waals surface area (Å²) in [6.07, 6.45) is 1.39. The normalized spacial score (nSPS) is 11.4. The van der Waals surface area contributed by atoms with E-state index in [1.807, 2.05) is 18.2 Å². The number of fused-ring (bicyclic) bond motifs is 1. The van der Waals surface area contributed by atoms with Crippen LogP contribution in [0.4, 0.5) is 10.8 Å². The first-order valence-electron chi connectivity index (χ1n) is 6.52. The van der Waals surface area contributed by atoms with Crippen molar-refractivity contribution in [1.29, 1.82) is 0 Å². The van der Waals surface area contributed by atoms with E-state index in [1.165, 1.54) is 23.6 Å². The molecule has 0 unspecified atom stereocenters. The van der Waals surface area contributed by atoms with Crippen LogP contribution in [0.2, 0.25) is 0 Å². The number of aliphatic imine (C=N–C) groups is 1. The van der Waals surface area contributed by atoms with Crippen LogP contribution in [0.15, 0.2) is 39.8 Å². The molecule has 3 aromatic rings. The number of aromatic hydroxyl groups is 1. The van der Waals surface area contributed by atoms with Gasteiger partial charge in [-0.3, -0.25) is 10.1 Å². The van der Waals surface area contributed by atoms with Crippen molar-refractivity contribution in [3.63, 3.8) is 0 Å². The predicted octanol–water partition coefficient (Wildman–Crippen LogP) is 4.73. The van der Waals surface area contributed by atoms with Gasteiger partial charge in [-0.15, -0.1) is 0 Å². The second kappa shape index (κ2) is 6.05. The first-order chi connectivity index (χ1) is 10.9. The molecule has 2 aromatic carbocycles. The average molecular weight is 392 g/mol. The third-order valence-electron chi connectivity index (χ3n) is 3.11. The molecule has 23 heavy (non-hydrogen) atoms. The number of benzene rings is 2. The standard InChI is InChI=1S/C15H10BrN3O3S/c1-8-4-9(14(20)12(5-8)19(21)22)7-17-15-18-11-3-2-10(16)6-13(11)23-15/h2-7,20H,1H3/b17-7+. The Hall–Kier alpha value is -2.32. The van der Waals surface area contributed by atoms with Gasteiger partial charge in [0.1, 0.15) is 0 Å². The minimum Gasteiger partial charge on any atom is -0.502 e. The number of hydrogen-bond donors (Lipinski definition) is 1. The number of rotatable bonds is 3. The number of nitro groups is 1. The van der Waals surface area contributed by atoms with Gasteiger partial charge in [0.2, 0.25) is 10.9 Å². The molecule has 1 heterocycles. The highest BCUT2D eigenvalue weighted by Gasteiger charge is 2.17. The lowest BCUT2D eigenvalue weighted by atomic mass is 10.1. The number of phenolic OH excluding ortho intramolecular Hbond substituents is 1. The fourth-order valence-corrected chi connectivity index (χ4v) is 3.45. The van der Waals surface area contributed by atoms with Gasteiger partial charge in [-0.25, -0.2) is 9.98 Å². The van der Waals surface area contributed by atoms with E-state index >= 15 is 0 Å². The SMILES string of the molecule is Cc1cc(/C=N/c2nc3ccc(Br)cc3s2)c(O)c([N+](=O)[O-])c1. The molecule has 0 radical (unpaired) electrons. The molecule has 6 nitrogen and oxygen atoms in total. The van der Waals surface area contributed by atoms with Crippen LogP contribution in [0.1, 0.15) is 11.1 Å². The van der Waals surface area contributed by atoms with Crippen LogP contribution in [0.5, 0.6) is 5.75 Å². The van der Waals surface area contributed by atoms with Gasteiger partial charge in [-0.1, -0.05) is 27.3 Å². The summed E-state index contributed by atoms with van der Waals surface area (Å²) < 4.78 is 1.93. The van der Waals surface area contributed by atoms with Gasteiger partial charge in [0.25, 0.3) is 0 Å². The molecule has 8 heteroatoms. The third-order valence-corrected chi connectivity index (χ3v) is 4.53. The molecule has 0 fully saturated rings. The number of nitro benzene ring substituents is 1. The monoisotopic (exact) mass is 391 g/mol. The van der Waals surface area contributed by atoms with Crippen molar-refractivity contribution in [2.24, 2.45) is 4.99 Å². The highest BCUT2D eigenvalue weighted by atomic mass is 79.9. The number of nitrogens with zero attached hydrogens (tertiary/aromatic N) is 3. The van der Waals surface area contributed by atoms with E-state index in [2.05, 4.69) is 25.9 Å². The summed E-state index contributed by atoms with van der Waals surface area (Å²) in [6.45, 7) is 1.72. The topological polar surface area (TPSA) is 88.6 Å². The van der Waals surface area contributed by atoms with Crippen molar-refractivity contribution < 1.29 is 10.0 Å². The molecule has 3 rings (SSSR count). The average Bonchev–Trinajstić information content (AvgIpc) is 2.89. The van der Waals surface area contributed by atoms with Crippen molar-refractivity contribution in [2.75, 3.05) is 0 Å². The number of phenols is 1. The fourth-order valence-electron chi connectivity index (χ4n) is 2.09. The van der Waals surface area contributed by atoms with Gasteiger partial charge in [0, 0.05) is 22.3 Å². The van der Waals surface area contributed by atoms with Crippen molar-refractivity contribution >= 4 is 54.5 Å². The van der Waals surface area contributed by atoms with Gasteiger partial charge in [0.15, 0.2) is 0 Å². The second-order valence-electron chi connectivity index (χ2n) is 4.85. The van der Waals surface area contributed by atoms with Gasteiger partial charge < -0.3 is 5.11 Å². The van der Waals surface area contributed by atoms with Gasteiger partial charge in [-0.2, -0.15) is 0 Å². The summed E-state index contributed by atoms with van der Waals surface area (Å²) in [6, 6.07) is 8.67. The van der Waals surface area contributed by atoms with E-state index in [9.17, 15) is 15.2 Å². The molecule has 0 amide bonds. The molecule has 0 spiro atoms. The van der Waals surface area contributed by atoms with Gasteiger partial charge in [-0.05, 0) is 36.8 Å². The van der Waals surface area contributed by atoms with Crippen LogP contribution < -0.4 is 0 Å². The molecule has 1 N–H and O–H groups in total. The number of thiazole rings is 1. The molecular formula is C15H10BrN3O3S. The molecule has 0 saturated heterocycles. The largest absolute Gasteiger partial charge is 0.502 e. The molecule has 0 saturated carbocycles. The smallest absolute Gasteiger partial charge is 0.311 e. The van der Waals surface area contributed by atoms with Crippen LogP contribution in [-0.2, 0) is 0 Å². The minimum atomic E-state index is -0.616. The lowest BCUT2D eigenvalue weighted by Crippen LogP contribution is -1.93. The maximum atomic E-state index is 10.9. The van der Waals surface area contributed by atoms with Crippen LogP contribution in [0, 0.1) is 17.0 Å².